The summed E-state index contributed by atoms with van der Waals surface area (Å²) < 4.78 is 41.4. The van der Waals surface area contributed by atoms with Gasteiger partial charge in [-0.2, -0.15) is 5.10 Å². The predicted octanol–water partition coefficient (Wildman–Crippen LogP) is 2.80. The number of nitrogens with two attached hydrogens (primary N) is 1. The number of halogens is 3. The molecule has 0 saturated carbocycles. The zero-order valence-corrected chi connectivity index (χ0v) is 11.5. The number of rotatable bonds is 3. The van der Waals surface area contributed by atoms with Crippen LogP contribution < -0.4 is 5.73 Å². The van der Waals surface area contributed by atoms with Gasteiger partial charge in [-0.3, -0.25) is 0 Å². The minimum Gasteiger partial charge on any atom is -0.328 e. The summed E-state index contributed by atoms with van der Waals surface area (Å²) in [5, 5.41) is 4.20. The highest BCUT2D eigenvalue weighted by Crippen LogP contribution is 2.23. The van der Waals surface area contributed by atoms with Crippen molar-refractivity contribution in [3.8, 4) is 5.69 Å². The highest BCUT2D eigenvalue weighted by molar-refractivity contribution is 5.39. The lowest BCUT2D eigenvalue weighted by Gasteiger charge is -2.08. The monoisotopic (exact) mass is 283 g/mol. The van der Waals surface area contributed by atoms with Gasteiger partial charge in [-0.15, -0.1) is 0 Å². The second-order valence-electron chi connectivity index (χ2n) is 4.96. The van der Waals surface area contributed by atoms with Gasteiger partial charge in [-0.05, 0) is 32.8 Å². The Morgan fingerprint density at radius 1 is 1.15 bits per heavy atom. The summed E-state index contributed by atoms with van der Waals surface area (Å²) in [7, 11) is 0. The van der Waals surface area contributed by atoms with Crippen LogP contribution in [0.3, 0.4) is 0 Å². The third-order valence-electron chi connectivity index (χ3n) is 3.19. The molecule has 0 fully saturated rings. The van der Waals surface area contributed by atoms with E-state index < -0.39 is 17.5 Å². The average molecular weight is 283 g/mol. The van der Waals surface area contributed by atoms with E-state index >= 15 is 0 Å². The molecule has 1 atom stereocenters. The molecule has 0 bridgehead atoms. The van der Waals surface area contributed by atoms with Crippen LogP contribution in [0.2, 0.25) is 0 Å². The van der Waals surface area contributed by atoms with Crippen LogP contribution in [0.25, 0.3) is 5.69 Å². The standard InChI is InChI=1S/C14H16F3N3/c1-7(18)4-10-8(2)19-20(9(10)3)14-6-12(16)11(15)5-13(14)17/h5-7H,4,18H2,1-3H3. The van der Waals surface area contributed by atoms with E-state index in [0.717, 1.165) is 11.6 Å². The Hall–Kier alpha value is -1.82. The molecule has 108 valence electrons. The minimum atomic E-state index is -1.22. The van der Waals surface area contributed by atoms with Crippen molar-refractivity contribution in [2.75, 3.05) is 0 Å². The van der Waals surface area contributed by atoms with Crippen LogP contribution in [-0.2, 0) is 6.42 Å². The van der Waals surface area contributed by atoms with Gasteiger partial charge in [0.1, 0.15) is 5.69 Å². The average Bonchev–Trinajstić information content (AvgIpc) is 2.61. The third kappa shape index (κ3) is 2.56. The molecule has 1 unspecified atom stereocenters. The molecule has 6 heteroatoms. The van der Waals surface area contributed by atoms with Crippen LogP contribution in [0.5, 0.6) is 0 Å². The van der Waals surface area contributed by atoms with E-state index in [1.807, 2.05) is 6.92 Å². The van der Waals surface area contributed by atoms with Crippen molar-refractivity contribution in [2.24, 2.45) is 5.73 Å². The maximum absolute atomic E-state index is 13.8. The van der Waals surface area contributed by atoms with Gasteiger partial charge >= 0.3 is 0 Å². The Labute approximate surface area is 115 Å². The lowest BCUT2D eigenvalue weighted by Crippen LogP contribution is -2.18. The molecule has 2 rings (SSSR count). The number of aromatic nitrogens is 2. The molecule has 20 heavy (non-hydrogen) atoms. The fourth-order valence-corrected chi connectivity index (χ4v) is 2.20. The molecule has 0 aliphatic heterocycles. The van der Waals surface area contributed by atoms with Gasteiger partial charge in [-0.25, -0.2) is 17.9 Å². The summed E-state index contributed by atoms with van der Waals surface area (Å²) >= 11 is 0. The molecule has 1 heterocycles. The van der Waals surface area contributed by atoms with Crippen molar-refractivity contribution in [3.63, 3.8) is 0 Å². The molecule has 0 spiro atoms. The maximum Gasteiger partial charge on any atom is 0.161 e. The molecule has 0 aliphatic rings. The van der Waals surface area contributed by atoms with E-state index in [2.05, 4.69) is 5.10 Å². The fraction of sp³-hybridized carbons (Fsp3) is 0.357. The van der Waals surface area contributed by atoms with Crippen molar-refractivity contribution in [1.82, 2.24) is 9.78 Å². The van der Waals surface area contributed by atoms with Gasteiger partial charge in [0.25, 0.3) is 0 Å². The largest absolute Gasteiger partial charge is 0.328 e. The van der Waals surface area contributed by atoms with Crippen molar-refractivity contribution in [3.05, 3.63) is 46.5 Å². The van der Waals surface area contributed by atoms with E-state index in [1.54, 1.807) is 13.8 Å². The zero-order valence-electron chi connectivity index (χ0n) is 11.5. The molecule has 1 aromatic carbocycles. The predicted molar refractivity (Wildman–Crippen MR) is 70.3 cm³/mol. The SMILES string of the molecule is Cc1nn(-c2cc(F)c(F)cc2F)c(C)c1CC(C)N. The molecular formula is C14H16F3N3. The highest BCUT2D eigenvalue weighted by Gasteiger charge is 2.18. The first-order chi connectivity index (χ1) is 9.31. The zero-order chi connectivity index (χ0) is 15.0. The summed E-state index contributed by atoms with van der Waals surface area (Å²) in [6.45, 7) is 5.38. The van der Waals surface area contributed by atoms with Crippen LogP contribution in [0.4, 0.5) is 13.2 Å². The Kier molecular flexibility index (Phi) is 3.85. The normalized spacial score (nSPS) is 12.8. The fourth-order valence-electron chi connectivity index (χ4n) is 2.20. The number of nitrogens with zero attached hydrogens (tertiary/aromatic N) is 2. The Bertz CT molecular complexity index is 648. The van der Waals surface area contributed by atoms with Crippen LogP contribution in [-0.4, -0.2) is 15.8 Å². The minimum absolute atomic E-state index is 0.0696. The molecule has 0 radical (unpaired) electrons. The maximum atomic E-state index is 13.8. The van der Waals surface area contributed by atoms with Crippen molar-refractivity contribution >= 4 is 0 Å². The van der Waals surface area contributed by atoms with Crippen molar-refractivity contribution in [2.45, 2.75) is 33.2 Å². The van der Waals surface area contributed by atoms with E-state index in [4.69, 9.17) is 5.73 Å². The van der Waals surface area contributed by atoms with Gasteiger partial charge in [-0.1, -0.05) is 0 Å². The quantitative estimate of drug-likeness (QED) is 0.880. The molecule has 0 saturated heterocycles. The van der Waals surface area contributed by atoms with Crippen molar-refractivity contribution < 1.29 is 13.2 Å². The molecule has 3 nitrogen and oxygen atoms in total. The second-order valence-corrected chi connectivity index (χ2v) is 4.96. The summed E-state index contributed by atoms with van der Waals surface area (Å²) in [4.78, 5) is 0. The van der Waals surface area contributed by atoms with Crippen LogP contribution in [0, 0.1) is 31.3 Å². The Balaban J connectivity index is 2.57. The van der Waals surface area contributed by atoms with Crippen LogP contribution >= 0.6 is 0 Å². The molecule has 2 aromatic rings. The first-order valence-corrected chi connectivity index (χ1v) is 6.26. The number of aryl methyl sites for hydroxylation is 1. The van der Waals surface area contributed by atoms with Crippen LogP contribution in [0.1, 0.15) is 23.9 Å². The van der Waals surface area contributed by atoms with E-state index in [9.17, 15) is 13.2 Å². The molecule has 0 amide bonds. The second kappa shape index (κ2) is 5.28. The summed E-state index contributed by atoms with van der Waals surface area (Å²) in [5.41, 5.74) is 7.91. The first-order valence-electron chi connectivity index (χ1n) is 6.26. The smallest absolute Gasteiger partial charge is 0.161 e. The lowest BCUT2D eigenvalue weighted by molar-refractivity contribution is 0.491. The van der Waals surface area contributed by atoms with Crippen LogP contribution in [0.15, 0.2) is 12.1 Å². The molecule has 2 N–H and O–H groups in total. The molecule has 0 aliphatic carbocycles. The van der Waals surface area contributed by atoms with Gasteiger partial charge < -0.3 is 5.73 Å². The molecule has 1 aromatic heterocycles. The first kappa shape index (κ1) is 14.6. The summed E-state index contributed by atoms with van der Waals surface area (Å²) in [6.07, 6.45) is 0.586. The Morgan fingerprint density at radius 3 is 2.35 bits per heavy atom. The number of benzene rings is 1. The van der Waals surface area contributed by atoms with E-state index in [-0.39, 0.29) is 11.7 Å². The van der Waals surface area contributed by atoms with Gasteiger partial charge in [0, 0.05) is 23.9 Å². The summed E-state index contributed by atoms with van der Waals surface area (Å²) in [5.74, 6) is -3.19. The third-order valence-corrected chi connectivity index (χ3v) is 3.19. The lowest BCUT2D eigenvalue weighted by atomic mass is 10.1. The number of hydrogen-bond donors (Lipinski definition) is 1. The van der Waals surface area contributed by atoms with Gasteiger partial charge in [0.2, 0.25) is 0 Å². The molecular weight excluding hydrogens is 267 g/mol. The Morgan fingerprint density at radius 2 is 1.75 bits per heavy atom. The van der Waals surface area contributed by atoms with Crippen molar-refractivity contribution in [1.29, 1.82) is 0 Å². The van der Waals surface area contributed by atoms with E-state index in [1.165, 1.54) is 4.68 Å². The highest BCUT2D eigenvalue weighted by atomic mass is 19.2. The van der Waals surface area contributed by atoms with E-state index in [0.29, 0.717) is 23.9 Å². The number of hydrogen-bond acceptors (Lipinski definition) is 2. The van der Waals surface area contributed by atoms with Gasteiger partial charge in [0.15, 0.2) is 17.5 Å². The van der Waals surface area contributed by atoms with Gasteiger partial charge in [0.05, 0.1) is 5.69 Å². The summed E-state index contributed by atoms with van der Waals surface area (Å²) in [6, 6.07) is 1.26. The topological polar surface area (TPSA) is 43.8 Å².